The molecule has 5 heteroatoms. The molecule has 1 aromatic carbocycles. The SMILES string of the molecule is O=CCC#Cc1ccc([N+](=O)[O-])cc1Cl. The second-order valence-electron chi connectivity index (χ2n) is 2.59. The number of nitro groups is 1. The third-order valence-electron chi connectivity index (χ3n) is 1.57. The van der Waals surface area contributed by atoms with Crippen LogP contribution < -0.4 is 0 Å². The first-order valence-corrected chi connectivity index (χ1v) is 4.39. The van der Waals surface area contributed by atoms with Crippen molar-refractivity contribution in [3.05, 3.63) is 38.9 Å². The molecule has 1 rings (SSSR count). The molecule has 0 spiro atoms. The standard InChI is InChI=1S/C10H6ClNO3/c11-10-7-9(12(14)15)5-4-8(10)3-1-2-6-13/h4-7H,2H2. The van der Waals surface area contributed by atoms with Gasteiger partial charge in [-0.1, -0.05) is 23.4 Å². The van der Waals surface area contributed by atoms with Crippen molar-refractivity contribution in [1.29, 1.82) is 0 Å². The molecular weight excluding hydrogens is 218 g/mol. The number of hydrogen-bond donors (Lipinski definition) is 0. The lowest BCUT2D eigenvalue weighted by Gasteiger charge is -1.95. The maximum atomic E-state index is 10.4. The van der Waals surface area contributed by atoms with Crippen molar-refractivity contribution >= 4 is 23.6 Å². The lowest BCUT2D eigenvalue weighted by Crippen LogP contribution is -1.88. The van der Waals surface area contributed by atoms with Crippen LogP contribution in [0.3, 0.4) is 0 Å². The van der Waals surface area contributed by atoms with Crippen LogP contribution in [0.5, 0.6) is 0 Å². The molecular formula is C10H6ClNO3. The Morgan fingerprint density at radius 3 is 2.80 bits per heavy atom. The Morgan fingerprint density at radius 2 is 2.27 bits per heavy atom. The molecule has 0 atom stereocenters. The van der Waals surface area contributed by atoms with Crippen molar-refractivity contribution in [2.75, 3.05) is 0 Å². The molecule has 0 aliphatic rings. The van der Waals surface area contributed by atoms with Gasteiger partial charge in [-0.2, -0.15) is 0 Å². The fourth-order valence-electron chi connectivity index (χ4n) is 0.907. The molecule has 0 N–H and O–H groups in total. The summed E-state index contributed by atoms with van der Waals surface area (Å²) in [4.78, 5) is 19.9. The lowest BCUT2D eigenvalue weighted by atomic mass is 10.2. The number of aldehydes is 1. The maximum Gasteiger partial charge on any atom is 0.271 e. The number of halogens is 1. The predicted octanol–water partition coefficient (Wildman–Crippen LogP) is 2.19. The second-order valence-corrected chi connectivity index (χ2v) is 3.00. The van der Waals surface area contributed by atoms with Gasteiger partial charge < -0.3 is 4.79 Å². The van der Waals surface area contributed by atoms with Gasteiger partial charge in [0.15, 0.2) is 0 Å². The number of hydrogen-bond acceptors (Lipinski definition) is 3. The Balaban J connectivity index is 2.99. The van der Waals surface area contributed by atoms with E-state index in [4.69, 9.17) is 11.6 Å². The van der Waals surface area contributed by atoms with Crippen molar-refractivity contribution in [3.63, 3.8) is 0 Å². The first-order chi connectivity index (χ1) is 7.15. The second kappa shape index (κ2) is 5.13. The van der Waals surface area contributed by atoms with Gasteiger partial charge in [0.2, 0.25) is 0 Å². The van der Waals surface area contributed by atoms with Gasteiger partial charge in [0.05, 0.1) is 16.4 Å². The van der Waals surface area contributed by atoms with E-state index in [9.17, 15) is 14.9 Å². The molecule has 0 heterocycles. The Kier molecular flexibility index (Phi) is 3.83. The van der Waals surface area contributed by atoms with Gasteiger partial charge in [0.25, 0.3) is 5.69 Å². The topological polar surface area (TPSA) is 60.2 Å². The van der Waals surface area contributed by atoms with E-state index < -0.39 is 4.92 Å². The fourth-order valence-corrected chi connectivity index (χ4v) is 1.13. The fraction of sp³-hybridized carbons (Fsp3) is 0.100. The smallest absolute Gasteiger partial charge is 0.271 e. The van der Waals surface area contributed by atoms with Crippen LogP contribution in [0.25, 0.3) is 0 Å². The normalized spacial score (nSPS) is 8.87. The Hall–Kier alpha value is -1.86. The number of rotatable bonds is 2. The summed E-state index contributed by atoms with van der Waals surface area (Å²) in [5.41, 5.74) is 0.394. The average Bonchev–Trinajstić information content (AvgIpc) is 2.20. The summed E-state index contributed by atoms with van der Waals surface area (Å²) in [5, 5.41) is 10.6. The highest BCUT2D eigenvalue weighted by molar-refractivity contribution is 6.32. The Labute approximate surface area is 91.0 Å². The van der Waals surface area contributed by atoms with E-state index in [0.29, 0.717) is 11.8 Å². The molecule has 0 saturated heterocycles. The van der Waals surface area contributed by atoms with E-state index in [0.717, 1.165) is 0 Å². The molecule has 15 heavy (non-hydrogen) atoms. The zero-order valence-electron chi connectivity index (χ0n) is 7.57. The zero-order valence-corrected chi connectivity index (χ0v) is 8.32. The van der Waals surface area contributed by atoms with Gasteiger partial charge in [-0.15, -0.1) is 0 Å². The molecule has 0 aliphatic heterocycles. The quantitative estimate of drug-likeness (QED) is 0.334. The average molecular weight is 224 g/mol. The lowest BCUT2D eigenvalue weighted by molar-refractivity contribution is -0.384. The van der Waals surface area contributed by atoms with Gasteiger partial charge in [-0.25, -0.2) is 0 Å². The minimum absolute atomic E-state index is 0.0825. The highest BCUT2D eigenvalue weighted by atomic mass is 35.5. The molecule has 0 aromatic heterocycles. The van der Waals surface area contributed by atoms with Gasteiger partial charge in [-0.05, 0) is 6.07 Å². The third-order valence-corrected chi connectivity index (χ3v) is 1.88. The van der Waals surface area contributed by atoms with E-state index in [1.165, 1.54) is 18.2 Å². The molecule has 0 radical (unpaired) electrons. The van der Waals surface area contributed by atoms with Crippen LogP contribution in [0, 0.1) is 22.0 Å². The molecule has 76 valence electrons. The molecule has 0 aliphatic carbocycles. The number of nitro benzene ring substituents is 1. The number of benzene rings is 1. The summed E-state index contributed by atoms with van der Waals surface area (Å²) in [7, 11) is 0. The largest absolute Gasteiger partial charge is 0.302 e. The first-order valence-electron chi connectivity index (χ1n) is 4.01. The van der Waals surface area contributed by atoms with Crippen LogP contribution >= 0.6 is 11.6 Å². The van der Waals surface area contributed by atoms with Gasteiger partial charge in [-0.3, -0.25) is 10.1 Å². The van der Waals surface area contributed by atoms with Crippen LogP contribution in [0.2, 0.25) is 5.02 Å². The predicted molar refractivity (Wildman–Crippen MR) is 55.7 cm³/mol. The summed E-state index contributed by atoms with van der Waals surface area (Å²) in [6, 6.07) is 4.00. The molecule has 1 aromatic rings. The summed E-state index contributed by atoms with van der Waals surface area (Å²) in [6.45, 7) is 0. The number of carbonyl (C=O) groups is 1. The highest BCUT2D eigenvalue weighted by Crippen LogP contribution is 2.21. The van der Waals surface area contributed by atoms with Crippen LogP contribution in [-0.4, -0.2) is 11.2 Å². The Bertz CT molecular complexity index is 459. The van der Waals surface area contributed by atoms with Crippen molar-refractivity contribution in [1.82, 2.24) is 0 Å². The maximum absolute atomic E-state index is 10.4. The Morgan fingerprint density at radius 1 is 1.53 bits per heavy atom. The van der Waals surface area contributed by atoms with Gasteiger partial charge in [0.1, 0.15) is 6.29 Å². The van der Waals surface area contributed by atoms with E-state index in [2.05, 4.69) is 11.8 Å². The summed E-state index contributed by atoms with van der Waals surface area (Å²) < 4.78 is 0. The summed E-state index contributed by atoms with van der Waals surface area (Å²) >= 11 is 5.76. The van der Waals surface area contributed by atoms with Crippen molar-refractivity contribution in [3.8, 4) is 11.8 Å². The van der Waals surface area contributed by atoms with Crippen LogP contribution in [0.1, 0.15) is 12.0 Å². The summed E-state index contributed by atoms with van der Waals surface area (Å²) in [5.74, 6) is 5.21. The zero-order chi connectivity index (χ0) is 11.3. The minimum atomic E-state index is -0.533. The number of non-ortho nitro benzene ring substituents is 1. The molecule has 0 amide bonds. The van der Waals surface area contributed by atoms with E-state index in [1.807, 2.05) is 0 Å². The molecule has 4 nitrogen and oxygen atoms in total. The van der Waals surface area contributed by atoms with Crippen LogP contribution in [0.4, 0.5) is 5.69 Å². The van der Waals surface area contributed by atoms with Crippen LogP contribution in [0.15, 0.2) is 18.2 Å². The minimum Gasteiger partial charge on any atom is -0.302 e. The van der Waals surface area contributed by atoms with Gasteiger partial charge >= 0.3 is 0 Å². The monoisotopic (exact) mass is 223 g/mol. The van der Waals surface area contributed by atoms with E-state index in [1.54, 1.807) is 0 Å². The van der Waals surface area contributed by atoms with E-state index >= 15 is 0 Å². The third kappa shape index (κ3) is 3.08. The van der Waals surface area contributed by atoms with Gasteiger partial charge in [0, 0.05) is 17.7 Å². The van der Waals surface area contributed by atoms with Crippen molar-refractivity contribution in [2.24, 2.45) is 0 Å². The molecule has 0 fully saturated rings. The summed E-state index contributed by atoms with van der Waals surface area (Å²) in [6.07, 6.45) is 0.791. The number of carbonyl (C=O) groups excluding carboxylic acids is 1. The molecule has 0 bridgehead atoms. The molecule has 0 unspecified atom stereocenters. The van der Waals surface area contributed by atoms with Crippen molar-refractivity contribution < 1.29 is 9.72 Å². The molecule has 0 saturated carbocycles. The van der Waals surface area contributed by atoms with E-state index in [-0.39, 0.29) is 17.1 Å². The first kappa shape index (κ1) is 11.2. The van der Waals surface area contributed by atoms with Crippen LogP contribution in [-0.2, 0) is 4.79 Å². The van der Waals surface area contributed by atoms with Crippen molar-refractivity contribution in [2.45, 2.75) is 6.42 Å². The number of nitrogens with zero attached hydrogens (tertiary/aromatic N) is 1. The highest BCUT2D eigenvalue weighted by Gasteiger charge is 2.07.